The Balaban J connectivity index is 2.57. The van der Waals surface area contributed by atoms with E-state index < -0.39 is 11.5 Å². The molecule has 14 heavy (non-hydrogen) atoms. The van der Waals surface area contributed by atoms with Gasteiger partial charge in [0.15, 0.2) is 0 Å². The normalized spacial score (nSPS) is 11.6. The molecular formula is C9H12BrNO2S. The number of carboxylic acid groups (broad SMARTS) is 1. The van der Waals surface area contributed by atoms with Gasteiger partial charge in [-0.1, -0.05) is 0 Å². The van der Waals surface area contributed by atoms with Crippen molar-refractivity contribution in [2.24, 2.45) is 0 Å². The number of hydrogen-bond acceptors (Lipinski definition) is 3. The van der Waals surface area contributed by atoms with Crippen molar-refractivity contribution in [1.29, 1.82) is 0 Å². The van der Waals surface area contributed by atoms with Crippen molar-refractivity contribution in [3.8, 4) is 0 Å². The van der Waals surface area contributed by atoms with Crippen LogP contribution in [0.4, 0.5) is 0 Å². The van der Waals surface area contributed by atoms with Crippen LogP contribution in [0.5, 0.6) is 0 Å². The number of thiophene rings is 1. The van der Waals surface area contributed by atoms with Crippen LogP contribution >= 0.6 is 27.3 Å². The van der Waals surface area contributed by atoms with Gasteiger partial charge < -0.3 is 5.11 Å². The lowest BCUT2D eigenvalue weighted by atomic mass is 10.1. The lowest BCUT2D eigenvalue weighted by Gasteiger charge is -2.20. The molecule has 1 aromatic heterocycles. The Morgan fingerprint density at radius 2 is 2.36 bits per heavy atom. The third kappa shape index (κ3) is 2.80. The summed E-state index contributed by atoms with van der Waals surface area (Å²) >= 11 is 4.99. The Labute approximate surface area is 95.3 Å². The third-order valence-corrected chi connectivity index (χ3v) is 3.84. The molecule has 0 aliphatic rings. The summed E-state index contributed by atoms with van der Waals surface area (Å²) in [5.74, 6) is -0.842. The Morgan fingerprint density at radius 1 is 1.71 bits per heavy atom. The lowest BCUT2D eigenvalue weighted by Crippen LogP contribution is -2.46. The molecule has 0 atom stereocenters. The number of nitrogens with one attached hydrogen (secondary N) is 1. The molecule has 0 radical (unpaired) electrons. The maximum atomic E-state index is 10.8. The van der Waals surface area contributed by atoms with E-state index in [2.05, 4.69) is 21.2 Å². The van der Waals surface area contributed by atoms with Gasteiger partial charge in [0.1, 0.15) is 5.54 Å². The van der Waals surface area contributed by atoms with Gasteiger partial charge in [-0.15, -0.1) is 11.3 Å². The molecule has 0 amide bonds. The van der Waals surface area contributed by atoms with E-state index >= 15 is 0 Å². The summed E-state index contributed by atoms with van der Waals surface area (Å²) in [5.41, 5.74) is -0.885. The van der Waals surface area contributed by atoms with E-state index in [1.54, 1.807) is 25.2 Å². The number of aliphatic carboxylic acids is 1. The highest BCUT2D eigenvalue weighted by Crippen LogP contribution is 2.22. The zero-order valence-corrected chi connectivity index (χ0v) is 10.4. The molecule has 0 unspecified atom stereocenters. The fourth-order valence-corrected chi connectivity index (χ4v) is 2.26. The van der Waals surface area contributed by atoms with Crippen LogP contribution in [0, 0.1) is 0 Å². The Hall–Kier alpha value is -0.390. The van der Waals surface area contributed by atoms with Crippen molar-refractivity contribution in [2.45, 2.75) is 25.9 Å². The monoisotopic (exact) mass is 277 g/mol. The second-order valence-electron chi connectivity index (χ2n) is 3.48. The minimum Gasteiger partial charge on any atom is -0.480 e. The molecule has 0 saturated carbocycles. The number of carboxylic acids is 1. The fraction of sp³-hybridized carbons (Fsp3) is 0.444. The molecule has 0 bridgehead atoms. The molecule has 5 heteroatoms. The Morgan fingerprint density at radius 3 is 2.79 bits per heavy atom. The van der Waals surface area contributed by atoms with Crippen molar-refractivity contribution in [3.05, 3.63) is 20.8 Å². The van der Waals surface area contributed by atoms with Crippen LogP contribution in [0.1, 0.15) is 18.7 Å². The van der Waals surface area contributed by atoms with Crippen molar-refractivity contribution in [3.63, 3.8) is 0 Å². The van der Waals surface area contributed by atoms with Crippen molar-refractivity contribution in [1.82, 2.24) is 5.32 Å². The molecule has 0 fully saturated rings. The minimum atomic E-state index is -0.885. The van der Waals surface area contributed by atoms with Gasteiger partial charge in [0.2, 0.25) is 0 Å². The van der Waals surface area contributed by atoms with Crippen LogP contribution in [-0.4, -0.2) is 16.6 Å². The van der Waals surface area contributed by atoms with E-state index in [1.807, 2.05) is 11.4 Å². The van der Waals surface area contributed by atoms with E-state index in [9.17, 15) is 4.79 Å². The third-order valence-electron chi connectivity index (χ3n) is 1.92. The highest BCUT2D eigenvalue weighted by atomic mass is 79.9. The zero-order valence-electron chi connectivity index (χ0n) is 8.00. The molecule has 2 N–H and O–H groups in total. The highest BCUT2D eigenvalue weighted by molar-refractivity contribution is 9.10. The summed E-state index contributed by atoms with van der Waals surface area (Å²) < 4.78 is 1.02. The first-order valence-electron chi connectivity index (χ1n) is 4.14. The first kappa shape index (κ1) is 11.7. The van der Waals surface area contributed by atoms with Crippen LogP contribution in [0.3, 0.4) is 0 Å². The number of rotatable bonds is 4. The van der Waals surface area contributed by atoms with E-state index in [0.29, 0.717) is 6.54 Å². The van der Waals surface area contributed by atoms with Crippen LogP contribution in [0.2, 0.25) is 0 Å². The van der Waals surface area contributed by atoms with E-state index in [0.717, 1.165) is 9.35 Å². The number of hydrogen-bond donors (Lipinski definition) is 2. The van der Waals surface area contributed by atoms with Crippen LogP contribution < -0.4 is 5.32 Å². The molecule has 1 aromatic rings. The van der Waals surface area contributed by atoms with E-state index in [4.69, 9.17) is 5.11 Å². The predicted octanol–water partition coefficient (Wildman–Crippen LogP) is 2.46. The van der Waals surface area contributed by atoms with Crippen molar-refractivity contribution < 1.29 is 9.90 Å². The molecule has 0 aliphatic heterocycles. The van der Waals surface area contributed by atoms with Gasteiger partial charge in [-0.2, -0.15) is 0 Å². The Bertz CT molecular complexity index is 335. The SMILES string of the molecule is CC(C)(NCc1sccc1Br)C(=O)O. The van der Waals surface area contributed by atoms with Gasteiger partial charge in [-0.3, -0.25) is 10.1 Å². The predicted molar refractivity (Wildman–Crippen MR) is 60.6 cm³/mol. The number of carbonyl (C=O) groups is 1. The van der Waals surface area contributed by atoms with E-state index in [-0.39, 0.29) is 0 Å². The first-order valence-corrected chi connectivity index (χ1v) is 5.81. The molecule has 1 heterocycles. The summed E-state index contributed by atoms with van der Waals surface area (Å²) in [6, 6.07) is 1.95. The summed E-state index contributed by atoms with van der Waals surface area (Å²) in [4.78, 5) is 11.9. The van der Waals surface area contributed by atoms with Gasteiger partial charge in [0.25, 0.3) is 0 Å². The molecule has 78 valence electrons. The van der Waals surface area contributed by atoms with Gasteiger partial charge in [-0.05, 0) is 41.2 Å². The molecular weight excluding hydrogens is 266 g/mol. The van der Waals surface area contributed by atoms with Crippen LogP contribution in [0.25, 0.3) is 0 Å². The topological polar surface area (TPSA) is 49.3 Å². The van der Waals surface area contributed by atoms with Gasteiger partial charge in [-0.25, -0.2) is 0 Å². The smallest absolute Gasteiger partial charge is 0.323 e. The largest absolute Gasteiger partial charge is 0.480 e. The molecule has 1 rings (SSSR count). The molecule has 0 saturated heterocycles. The second-order valence-corrected chi connectivity index (χ2v) is 5.33. The summed E-state index contributed by atoms with van der Waals surface area (Å²) in [7, 11) is 0. The minimum absolute atomic E-state index is 0.567. The molecule has 0 aliphatic carbocycles. The van der Waals surface area contributed by atoms with Gasteiger partial charge >= 0.3 is 5.97 Å². The molecule has 0 spiro atoms. The summed E-state index contributed by atoms with van der Waals surface area (Å²) in [5, 5.41) is 13.8. The fourth-order valence-electron chi connectivity index (χ4n) is 0.828. The summed E-state index contributed by atoms with van der Waals surface area (Å²) in [6.45, 7) is 3.87. The van der Waals surface area contributed by atoms with E-state index in [1.165, 1.54) is 0 Å². The standard InChI is InChI=1S/C9H12BrNO2S/c1-9(2,8(12)13)11-5-7-6(10)3-4-14-7/h3-4,11H,5H2,1-2H3,(H,12,13). The molecule has 0 aromatic carbocycles. The maximum absolute atomic E-state index is 10.8. The molecule has 3 nitrogen and oxygen atoms in total. The zero-order chi connectivity index (χ0) is 10.8. The van der Waals surface area contributed by atoms with Gasteiger partial charge in [0, 0.05) is 15.9 Å². The second kappa shape index (κ2) is 4.42. The van der Waals surface area contributed by atoms with Crippen molar-refractivity contribution in [2.75, 3.05) is 0 Å². The average molecular weight is 278 g/mol. The highest BCUT2D eigenvalue weighted by Gasteiger charge is 2.26. The van der Waals surface area contributed by atoms with Crippen LogP contribution in [-0.2, 0) is 11.3 Å². The summed E-state index contributed by atoms with van der Waals surface area (Å²) in [6.07, 6.45) is 0. The lowest BCUT2D eigenvalue weighted by molar-refractivity contribution is -0.143. The first-order chi connectivity index (χ1) is 6.43. The van der Waals surface area contributed by atoms with Crippen LogP contribution in [0.15, 0.2) is 15.9 Å². The number of halogens is 1. The average Bonchev–Trinajstić information content (AvgIpc) is 2.47. The quantitative estimate of drug-likeness (QED) is 0.889. The van der Waals surface area contributed by atoms with Crippen molar-refractivity contribution >= 4 is 33.2 Å². The maximum Gasteiger partial charge on any atom is 0.323 e. The van der Waals surface area contributed by atoms with Gasteiger partial charge in [0.05, 0.1) is 0 Å². The Kier molecular flexibility index (Phi) is 3.69.